The van der Waals surface area contributed by atoms with Crippen molar-refractivity contribution in [2.75, 3.05) is 18.4 Å². The molecule has 1 amide bonds. The molecule has 1 saturated carbocycles. The first-order valence-electron chi connectivity index (χ1n) is 8.06. The van der Waals surface area contributed by atoms with E-state index in [4.69, 9.17) is 0 Å². The number of hydrogen-bond donors (Lipinski definition) is 2. The Bertz CT molecular complexity index is 668. The van der Waals surface area contributed by atoms with Crippen LogP contribution in [-0.4, -0.2) is 42.9 Å². The zero-order valence-corrected chi connectivity index (χ0v) is 13.8. The quantitative estimate of drug-likeness (QED) is 0.872. The number of carbonyl (C=O) groups is 1. The minimum Gasteiger partial charge on any atom is -0.392 e. The first kappa shape index (κ1) is 16.4. The highest BCUT2D eigenvalue weighted by Crippen LogP contribution is 2.28. The van der Waals surface area contributed by atoms with E-state index in [-0.39, 0.29) is 23.3 Å². The molecule has 1 saturated heterocycles. The Hall–Kier alpha value is -1.44. The molecule has 2 aliphatic rings. The van der Waals surface area contributed by atoms with Crippen LogP contribution in [0.3, 0.4) is 0 Å². The van der Waals surface area contributed by atoms with E-state index in [0.29, 0.717) is 25.1 Å². The van der Waals surface area contributed by atoms with Crippen LogP contribution in [0.1, 0.15) is 32.1 Å². The van der Waals surface area contributed by atoms with E-state index in [1.807, 2.05) is 0 Å². The number of β-amino-alcohol motifs (C(OH)–C–C–N with tert-alkyl or cyclic N) is 1. The van der Waals surface area contributed by atoms with Crippen LogP contribution in [0.25, 0.3) is 0 Å². The Morgan fingerprint density at radius 1 is 1.13 bits per heavy atom. The maximum atomic E-state index is 12.6. The molecule has 1 aromatic carbocycles. The summed E-state index contributed by atoms with van der Waals surface area (Å²) in [5.74, 6) is 0.0965. The molecule has 23 heavy (non-hydrogen) atoms. The molecule has 3 rings (SSSR count). The molecule has 0 bridgehead atoms. The lowest BCUT2D eigenvalue weighted by Crippen LogP contribution is -2.42. The van der Waals surface area contributed by atoms with Gasteiger partial charge >= 0.3 is 0 Å². The molecule has 2 N–H and O–H groups in total. The van der Waals surface area contributed by atoms with E-state index in [1.54, 1.807) is 12.1 Å². The third-order valence-corrected chi connectivity index (χ3v) is 6.47. The zero-order chi connectivity index (χ0) is 16.4. The van der Waals surface area contributed by atoms with Crippen LogP contribution >= 0.6 is 0 Å². The number of amides is 1. The Morgan fingerprint density at radius 3 is 2.39 bits per heavy atom. The number of carbonyl (C=O) groups excluding carboxylic acids is 1. The van der Waals surface area contributed by atoms with Gasteiger partial charge in [0.25, 0.3) is 0 Å². The molecule has 1 heterocycles. The summed E-state index contributed by atoms with van der Waals surface area (Å²) in [5, 5.41) is 12.5. The first-order valence-corrected chi connectivity index (χ1v) is 9.50. The molecule has 0 unspecified atom stereocenters. The molecule has 1 atom stereocenters. The van der Waals surface area contributed by atoms with Crippen LogP contribution in [0.2, 0.25) is 0 Å². The van der Waals surface area contributed by atoms with Gasteiger partial charge in [-0.15, -0.1) is 0 Å². The number of anilines is 1. The lowest BCUT2D eigenvalue weighted by Gasteiger charge is -2.29. The van der Waals surface area contributed by atoms with Gasteiger partial charge in [-0.2, -0.15) is 4.31 Å². The molecule has 0 aromatic heterocycles. The molecule has 1 aliphatic carbocycles. The fraction of sp³-hybridized carbons (Fsp3) is 0.562. The van der Waals surface area contributed by atoms with Crippen molar-refractivity contribution in [2.45, 2.75) is 43.1 Å². The monoisotopic (exact) mass is 338 g/mol. The molecular weight excluding hydrogens is 316 g/mol. The summed E-state index contributed by atoms with van der Waals surface area (Å²) in [6.45, 7) is 0.571. The molecule has 1 aromatic rings. The summed E-state index contributed by atoms with van der Waals surface area (Å²) in [5.41, 5.74) is 0.611. The highest BCUT2D eigenvalue weighted by molar-refractivity contribution is 7.89. The summed E-state index contributed by atoms with van der Waals surface area (Å²) in [4.78, 5) is 12.1. The average Bonchev–Trinajstić information content (AvgIpc) is 2.46. The van der Waals surface area contributed by atoms with Crippen molar-refractivity contribution in [1.82, 2.24) is 4.31 Å². The molecule has 7 heteroatoms. The molecule has 1 aliphatic heterocycles. The maximum Gasteiger partial charge on any atom is 0.243 e. The van der Waals surface area contributed by atoms with E-state index in [1.165, 1.54) is 16.4 Å². The number of piperidine rings is 1. The third kappa shape index (κ3) is 3.57. The SMILES string of the molecule is O=C(Nc1ccc(S(=O)(=O)N2CCC[C@H](O)C2)cc1)C1CCC1. The molecule has 6 nitrogen and oxygen atoms in total. The van der Waals surface area contributed by atoms with Crippen molar-refractivity contribution in [3.63, 3.8) is 0 Å². The van der Waals surface area contributed by atoms with Gasteiger partial charge in [0.05, 0.1) is 11.0 Å². The third-order valence-electron chi connectivity index (χ3n) is 4.59. The van der Waals surface area contributed by atoms with Gasteiger partial charge < -0.3 is 10.4 Å². The standard InChI is InChI=1S/C16H22N2O4S/c19-14-5-2-10-18(11-14)23(21,22)15-8-6-13(7-9-15)17-16(20)12-3-1-4-12/h6-9,12,14,19H,1-5,10-11H2,(H,17,20)/t14-/m0/s1. The number of rotatable bonds is 4. The van der Waals surface area contributed by atoms with Gasteiger partial charge in [-0.3, -0.25) is 4.79 Å². The number of nitrogens with zero attached hydrogens (tertiary/aromatic N) is 1. The minimum atomic E-state index is -3.59. The maximum absolute atomic E-state index is 12.6. The van der Waals surface area contributed by atoms with Crippen LogP contribution in [0.5, 0.6) is 0 Å². The predicted molar refractivity (Wildman–Crippen MR) is 86.4 cm³/mol. The van der Waals surface area contributed by atoms with Crippen LogP contribution in [-0.2, 0) is 14.8 Å². The van der Waals surface area contributed by atoms with Gasteiger partial charge in [-0.25, -0.2) is 8.42 Å². The smallest absolute Gasteiger partial charge is 0.243 e. The Morgan fingerprint density at radius 2 is 1.83 bits per heavy atom. The number of aliphatic hydroxyl groups excluding tert-OH is 1. The Kier molecular flexibility index (Phi) is 4.70. The number of benzene rings is 1. The largest absolute Gasteiger partial charge is 0.392 e. The Balaban J connectivity index is 1.69. The van der Waals surface area contributed by atoms with Gasteiger partial charge in [0, 0.05) is 24.7 Å². The number of hydrogen-bond acceptors (Lipinski definition) is 4. The van der Waals surface area contributed by atoms with Crippen molar-refractivity contribution in [2.24, 2.45) is 5.92 Å². The second-order valence-electron chi connectivity index (χ2n) is 6.30. The Labute approximate surface area is 136 Å². The van der Waals surface area contributed by atoms with E-state index in [2.05, 4.69) is 5.32 Å². The fourth-order valence-electron chi connectivity index (χ4n) is 2.91. The lowest BCUT2D eigenvalue weighted by molar-refractivity contribution is -0.122. The number of nitrogens with one attached hydrogen (secondary N) is 1. The molecular formula is C16H22N2O4S. The van der Waals surface area contributed by atoms with Crippen molar-refractivity contribution in [3.05, 3.63) is 24.3 Å². The van der Waals surface area contributed by atoms with Crippen molar-refractivity contribution in [3.8, 4) is 0 Å². The van der Waals surface area contributed by atoms with Gasteiger partial charge in [0.2, 0.25) is 15.9 Å². The number of sulfonamides is 1. The second-order valence-corrected chi connectivity index (χ2v) is 8.24. The predicted octanol–water partition coefficient (Wildman–Crippen LogP) is 1.57. The van der Waals surface area contributed by atoms with Crippen molar-refractivity contribution in [1.29, 1.82) is 0 Å². The molecule has 126 valence electrons. The van der Waals surface area contributed by atoms with E-state index < -0.39 is 16.1 Å². The normalized spacial score (nSPS) is 23.3. The molecule has 2 fully saturated rings. The van der Waals surface area contributed by atoms with Crippen LogP contribution in [0.4, 0.5) is 5.69 Å². The zero-order valence-electron chi connectivity index (χ0n) is 12.9. The first-order chi connectivity index (χ1) is 11.0. The van der Waals surface area contributed by atoms with Crippen LogP contribution in [0, 0.1) is 5.92 Å². The minimum absolute atomic E-state index is 0.00556. The fourth-order valence-corrected chi connectivity index (χ4v) is 4.43. The average molecular weight is 338 g/mol. The van der Waals surface area contributed by atoms with Crippen molar-refractivity contribution >= 4 is 21.6 Å². The second kappa shape index (κ2) is 6.59. The van der Waals surface area contributed by atoms with E-state index in [0.717, 1.165) is 19.3 Å². The summed E-state index contributed by atoms with van der Waals surface area (Å²) < 4.78 is 26.4. The van der Waals surface area contributed by atoms with Crippen LogP contribution < -0.4 is 5.32 Å². The lowest BCUT2D eigenvalue weighted by atomic mass is 9.85. The highest BCUT2D eigenvalue weighted by atomic mass is 32.2. The van der Waals surface area contributed by atoms with Gasteiger partial charge in [0.1, 0.15) is 0 Å². The number of aliphatic hydroxyl groups is 1. The van der Waals surface area contributed by atoms with Gasteiger partial charge in [-0.05, 0) is 49.9 Å². The summed E-state index contributed by atoms with van der Waals surface area (Å²) >= 11 is 0. The summed E-state index contributed by atoms with van der Waals surface area (Å²) in [7, 11) is -3.59. The summed E-state index contributed by atoms with van der Waals surface area (Å²) in [6.07, 6.45) is 3.65. The molecule has 0 spiro atoms. The summed E-state index contributed by atoms with van der Waals surface area (Å²) in [6, 6.07) is 6.24. The topological polar surface area (TPSA) is 86.7 Å². The van der Waals surface area contributed by atoms with Crippen LogP contribution in [0.15, 0.2) is 29.2 Å². The van der Waals surface area contributed by atoms with E-state index in [9.17, 15) is 18.3 Å². The van der Waals surface area contributed by atoms with Gasteiger partial charge in [-0.1, -0.05) is 6.42 Å². The van der Waals surface area contributed by atoms with Gasteiger partial charge in [0.15, 0.2) is 0 Å². The van der Waals surface area contributed by atoms with E-state index >= 15 is 0 Å². The van der Waals surface area contributed by atoms with Crippen molar-refractivity contribution < 1.29 is 18.3 Å². The molecule has 0 radical (unpaired) electrons. The highest BCUT2D eigenvalue weighted by Gasteiger charge is 2.29.